The van der Waals surface area contributed by atoms with E-state index in [1.807, 2.05) is 23.2 Å². The summed E-state index contributed by atoms with van der Waals surface area (Å²) in [4.78, 5) is 26.8. The average molecular weight is 611 g/mol. The van der Waals surface area contributed by atoms with E-state index in [0.29, 0.717) is 30.2 Å². The molecule has 6 heterocycles. The molecule has 5 aromatic rings. The molecule has 0 saturated carbocycles. The normalized spacial score (nSPS) is 23.2. The number of aryl methyl sites for hydroxylation is 2. The molecule has 4 aliphatic rings. The molecule has 3 fully saturated rings. The van der Waals surface area contributed by atoms with Crippen LogP contribution in [0.4, 0.5) is 5.69 Å². The number of hydrogen-bond acceptors (Lipinski definition) is 6. The quantitative estimate of drug-likeness (QED) is 0.226. The van der Waals surface area contributed by atoms with E-state index >= 15 is 0 Å². The van der Waals surface area contributed by atoms with Crippen LogP contribution in [0.1, 0.15) is 49.7 Å². The molecule has 8 heteroatoms. The number of carbonyl (C=O) groups is 1. The monoisotopic (exact) mass is 610 g/mol. The third-order valence-corrected chi connectivity index (χ3v) is 10.7. The highest BCUT2D eigenvalue weighted by Crippen LogP contribution is 2.38. The highest BCUT2D eigenvalue weighted by Gasteiger charge is 2.45. The molecule has 1 amide bonds. The molecule has 9 rings (SSSR count). The number of ether oxygens (including phenoxy) is 1. The van der Waals surface area contributed by atoms with Crippen LogP contribution in [0.2, 0.25) is 0 Å². The first kappa shape index (κ1) is 27.9. The Bertz CT molecular complexity index is 1920. The summed E-state index contributed by atoms with van der Waals surface area (Å²) in [6.45, 7) is 2.56. The first-order chi connectivity index (χ1) is 22.7. The molecule has 3 atom stereocenters. The number of carbonyl (C=O) groups excluding carboxylic acids is 1. The molecule has 232 valence electrons. The van der Waals surface area contributed by atoms with Gasteiger partial charge in [-0.25, -0.2) is 4.98 Å². The van der Waals surface area contributed by atoms with Gasteiger partial charge in [0.05, 0.1) is 30.3 Å². The second kappa shape index (κ2) is 11.4. The maximum absolute atomic E-state index is 12.7. The summed E-state index contributed by atoms with van der Waals surface area (Å²) in [5.41, 5.74) is 10.7. The molecule has 8 nitrogen and oxygen atoms in total. The van der Waals surface area contributed by atoms with Gasteiger partial charge >= 0.3 is 0 Å². The van der Waals surface area contributed by atoms with E-state index in [9.17, 15) is 4.79 Å². The van der Waals surface area contributed by atoms with Crippen molar-refractivity contribution in [1.29, 1.82) is 0 Å². The van der Waals surface area contributed by atoms with E-state index in [0.717, 1.165) is 84.6 Å². The molecule has 2 unspecified atom stereocenters. The number of hydrogen-bond donors (Lipinski definition) is 1. The highest BCUT2D eigenvalue weighted by atomic mass is 16.5. The zero-order valence-corrected chi connectivity index (χ0v) is 26.0. The van der Waals surface area contributed by atoms with Gasteiger partial charge in [-0.2, -0.15) is 5.10 Å². The summed E-state index contributed by atoms with van der Waals surface area (Å²) in [6.07, 6.45) is 12.3. The molecular weight excluding hydrogens is 572 g/mol. The van der Waals surface area contributed by atoms with Gasteiger partial charge in [-0.15, -0.1) is 0 Å². The van der Waals surface area contributed by atoms with Crippen molar-refractivity contribution >= 4 is 22.6 Å². The lowest BCUT2D eigenvalue weighted by atomic mass is 9.87. The SMILES string of the molecule is O=C1CCCCN1c1cccnc1-c1ccc(-c2[nH]nc3ncc(-c4ccc5c(c4)CC[C@@H](N4C6COCC4C6)CC5)cc23)cc1. The van der Waals surface area contributed by atoms with Gasteiger partial charge in [0.2, 0.25) is 5.91 Å². The lowest BCUT2D eigenvalue weighted by Gasteiger charge is -2.56. The lowest BCUT2D eigenvalue weighted by Crippen LogP contribution is -2.66. The Morgan fingerprint density at radius 2 is 1.59 bits per heavy atom. The number of H-pyrrole nitrogens is 1. The molecule has 0 spiro atoms. The first-order valence-corrected chi connectivity index (χ1v) is 16.9. The third kappa shape index (κ3) is 4.82. The Labute approximate surface area is 268 Å². The van der Waals surface area contributed by atoms with Crippen molar-refractivity contribution in [3.63, 3.8) is 0 Å². The van der Waals surface area contributed by atoms with Gasteiger partial charge in [0.1, 0.15) is 0 Å². The fraction of sp³-hybridized carbons (Fsp3) is 0.368. The van der Waals surface area contributed by atoms with Crippen LogP contribution in [0, 0.1) is 0 Å². The van der Waals surface area contributed by atoms with Crippen LogP contribution in [0.5, 0.6) is 0 Å². The van der Waals surface area contributed by atoms with Crippen molar-refractivity contribution in [2.45, 2.75) is 69.5 Å². The van der Waals surface area contributed by atoms with Crippen LogP contribution in [0.15, 0.2) is 73.1 Å². The minimum Gasteiger partial charge on any atom is -0.378 e. The van der Waals surface area contributed by atoms with E-state index in [1.54, 1.807) is 6.20 Å². The third-order valence-electron chi connectivity index (χ3n) is 10.7. The summed E-state index contributed by atoms with van der Waals surface area (Å²) in [6, 6.07) is 23.4. The number of fused-ring (bicyclic) bond motifs is 4. The number of rotatable bonds is 5. The molecule has 3 aromatic heterocycles. The Hall–Kier alpha value is -4.40. The number of aromatic amines is 1. The largest absolute Gasteiger partial charge is 0.378 e. The lowest BCUT2D eigenvalue weighted by molar-refractivity contribution is -0.148. The Balaban J connectivity index is 0.976. The van der Waals surface area contributed by atoms with Gasteiger partial charge < -0.3 is 9.64 Å². The molecule has 3 saturated heterocycles. The fourth-order valence-electron chi connectivity index (χ4n) is 8.30. The van der Waals surface area contributed by atoms with Crippen LogP contribution in [-0.4, -0.2) is 68.9 Å². The van der Waals surface area contributed by atoms with Gasteiger partial charge in [0.25, 0.3) is 0 Å². The second-order valence-electron chi connectivity index (χ2n) is 13.4. The van der Waals surface area contributed by atoms with E-state index in [1.165, 1.54) is 36.0 Å². The van der Waals surface area contributed by atoms with E-state index < -0.39 is 0 Å². The Morgan fingerprint density at radius 1 is 0.783 bits per heavy atom. The van der Waals surface area contributed by atoms with Crippen LogP contribution in [0.3, 0.4) is 0 Å². The maximum Gasteiger partial charge on any atom is 0.227 e. The Morgan fingerprint density at radius 3 is 2.41 bits per heavy atom. The second-order valence-corrected chi connectivity index (χ2v) is 13.4. The number of morpholine rings is 1. The Kier molecular flexibility index (Phi) is 6.93. The zero-order chi connectivity index (χ0) is 30.6. The summed E-state index contributed by atoms with van der Waals surface area (Å²) in [5, 5.41) is 8.78. The number of benzene rings is 2. The number of piperidine rings is 1. The van der Waals surface area contributed by atoms with Crippen LogP contribution >= 0.6 is 0 Å². The average Bonchev–Trinajstić information content (AvgIpc) is 3.42. The molecule has 2 bridgehead atoms. The number of nitrogens with one attached hydrogen (secondary N) is 1. The summed E-state index contributed by atoms with van der Waals surface area (Å²) < 4.78 is 5.75. The number of pyridine rings is 2. The van der Waals surface area contributed by atoms with Gasteiger partial charge in [0, 0.05) is 65.6 Å². The van der Waals surface area contributed by atoms with Gasteiger partial charge in [-0.05, 0) is 79.8 Å². The number of anilines is 1. The smallest absolute Gasteiger partial charge is 0.227 e. The van der Waals surface area contributed by atoms with Crippen LogP contribution < -0.4 is 4.90 Å². The van der Waals surface area contributed by atoms with Gasteiger partial charge in [-0.1, -0.05) is 42.5 Å². The minimum atomic E-state index is 0.173. The minimum absolute atomic E-state index is 0.173. The summed E-state index contributed by atoms with van der Waals surface area (Å²) in [7, 11) is 0. The summed E-state index contributed by atoms with van der Waals surface area (Å²) >= 11 is 0. The zero-order valence-electron chi connectivity index (χ0n) is 26.0. The van der Waals surface area contributed by atoms with Crippen molar-refractivity contribution in [1.82, 2.24) is 25.1 Å². The van der Waals surface area contributed by atoms with Crippen LogP contribution in [0.25, 0.3) is 44.7 Å². The molecule has 2 aromatic carbocycles. The molecule has 0 radical (unpaired) electrons. The highest BCUT2D eigenvalue weighted by molar-refractivity contribution is 5.98. The standard InChI is InChI=1S/C38H38N6O2/c45-35-5-1-2-17-43(35)34-4-3-16-39-37(34)26-9-7-25(8-10-26)36-33-19-29(21-40-38(33)42-41-36)28-11-6-24-12-14-30(15-13-27(24)18-28)44-31-20-32(44)23-46-22-31/h3-4,6-11,16,18-19,21,30-32H,1-2,5,12-15,17,20,22-23H2,(H,40,41,42)/t30-,31?,32?/m0/s1. The predicted octanol–water partition coefficient (Wildman–Crippen LogP) is 6.59. The maximum atomic E-state index is 12.7. The molecule has 46 heavy (non-hydrogen) atoms. The predicted molar refractivity (Wildman–Crippen MR) is 179 cm³/mol. The van der Waals surface area contributed by atoms with Crippen LogP contribution in [-0.2, 0) is 22.4 Å². The van der Waals surface area contributed by atoms with Gasteiger partial charge in [0.15, 0.2) is 5.65 Å². The molecule has 3 aliphatic heterocycles. The molecular formula is C38H38N6O2. The topological polar surface area (TPSA) is 87.2 Å². The van der Waals surface area contributed by atoms with Gasteiger partial charge in [-0.3, -0.25) is 19.8 Å². The molecule has 1 N–H and O–H groups in total. The van der Waals surface area contributed by atoms with Crippen molar-refractivity contribution in [3.05, 3.63) is 84.2 Å². The summed E-state index contributed by atoms with van der Waals surface area (Å²) in [5.74, 6) is 0.173. The molecule has 1 aliphatic carbocycles. The number of nitrogens with zero attached hydrogens (tertiary/aromatic N) is 5. The van der Waals surface area contributed by atoms with Crippen molar-refractivity contribution in [2.75, 3.05) is 24.7 Å². The number of aromatic nitrogens is 4. The number of amides is 1. The fourth-order valence-corrected chi connectivity index (χ4v) is 8.30. The van der Waals surface area contributed by atoms with Crippen molar-refractivity contribution in [3.8, 4) is 33.6 Å². The first-order valence-electron chi connectivity index (χ1n) is 16.9. The van der Waals surface area contributed by atoms with E-state index in [4.69, 9.17) is 9.72 Å². The van der Waals surface area contributed by atoms with E-state index in [-0.39, 0.29) is 5.91 Å². The van der Waals surface area contributed by atoms with Crippen molar-refractivity contribution < 1.29 is 9.53 Å². The van der Waals surface area contributed by atoms with E-state index in [2.05, 4.69) is 68.6 Å². The van der Waals surface area contributed by atoms with Crippen molar-refractivity contribution in [2.24, 2.45) is 0 Å².